The van der Waals surface area contributed by atoms with Crippen molar-refractivity contribution in [2.75, 3.05) is 13.6 Å². The molecule has 1 heterocycles. The molecule has 1 atom stereocenters. The lowest BCUT2D eigenvalue weighted by Gasteiger charge is -2.35. The first-order valence-electron chi connectivity index (χ1n) is 10.2. The van der Waals surface area contributed by atoms with Crippen molar-refractivity contribution in [3.63, 3.8) is 0 Å². The zero-order chi connectivity index (χ0) is 20.0. The average Bonchev–Trinajstić information content (AvgIpc) is 3.28. The largest absolute Gasteiger partial charge is 0.355 e. The Morgan fingerprint density at radius 1 is 1.18 bits per heavy atom. The summed E-state index contributed by atoms with van der Waals surface area (Å²) in [4.78, 5) is 10.2. The lowest BCUT2D eigenvalue weighted by molar-refractivity contribution is 0.297. The number of hydrogen-bond donors (Lipinski definition) is 3. The summed E-state index contributed by atoms with van der Waals surface area (Å²) in [5.74, 6) is 0.853. The van der Waals surface area contributed by atoms with E-state index in [-0.39, 0.29) is 5.54 Å². The van der Waals surface area contributed by atoms with Crippen LogP contribution in [0.25, 0.3) is 0 Å². The number of nitrogens with one attached hydrogen (secondary N) is 3. The fraction of sp³-hybridized carbons (Fsp3) is 0.545. The van der Waals surface area contributed by atoms with Crippen LogP contribution in [-0.4, -0.2) is 30.1 Å². The number of rotatable bonds is 7. The van der Waals surface area contributed by atoms with Gasteiger partial charge in [0.25, 0.3) is 0 Å². The third-order valence-corrected chi connectivity index (χ3v) is 6.69. The number of thiazole rings is 1. The number of benzene rings is 1. The number of hydrogen-bond acceptors (Lipinski definition) is 4. The molecule has 152 valence electrons. The van der Waals surface area contributed by atoms with Crippen molar-refractivity contribution in [3.8, 4) is 0 Å². The van der Waals surface area contributed by atoms with Gasteiger partial charge in [0, 0.05) is 30.1 Å². The fourth-order valence-corrected chi connectivity index (χ4v) is 4.96. The van der Waals surface area contributed by atoms with E-state index in [2.05, 4.69) is 77.0 Å². The van der Waals surface area contributed by atoms with Gasteiger partial charge in [0.1, 0.15) is 0 Å². The number of nitrogens with zero attached hydrogens (tertiary/aromatic N) is 2. The fourth-order valence-electron chi connectivity index (χ4n) is 4.08. The molecule has 1 saturated carbocycles. The minimum atomic E-state index is 0.115. The van der Waals surface area contributed by atoms with E-state index in [4.69, 9.17) is 0 Å². The molecule has 1 aromatic carbocycles. The van der Waals surface area contributed by atoms with E-state index in [1.807, 2.05) is 7.05 Å². The second-order valence-corrected chi connectivity index (χ2v) is 9.07. The van der Waals surface area contributed by atoms with Crippen LogP contribution < -0.4 is 16.0 Å². The molecule has 1 fully saturated rings. The smallest absolute Gasteiger partial charge is 0.191 e. The lowest BCUT2D eigenvalue weighted by atomic mass is 9.94. The van der Waals surface area contributed by atoms with Gasteiger partial charge in [-0.2, -0.15) is 0 Å². The van der Waals surface area contributed by atoms with Gasteiger partial charge in [-0.1, -0.05) is 43.2 Å². The van der Waals surface area contributed by atoms with Gasteiger partial charge in [-0.05, 0) is 39.2 Å². The Morgan fingerprint density at radius 2 is 1.89 bits per heavy atom. The van der Waals surface area contributed by atoms with E-state index in [0.717, 1.165) is 29.8 Å². The molecule has 6 heteroatoms. The molecule has 1 aliphatic rings. The topological polar surface area (TPSA) is 61.3 Å². The molecule has 1 aliphatic carbocycles. The SMILES string of the molecule is CN=C(NCc1sc(C)nc1C)NCC1(NC(C)c2ccccc2)CCCC1. The Bertz CT molecular complexity index is 777. The van der Waals surface area contributed by atoms with E-state index in [9.17, 15) is 0 Å². The van der Waals surface area contributed by atoms with E-state index >= 15 is 0 Å². The third kappa shape index (κ3) is 5.32. The summed E-state index contributed by atoms with van der Waals surface area (Å²) in [6, 6.07) is 11.0. The van der Waals surface area contributed by atoms with Crippen molar-refractivity contribution >= 4 is 17.3 Å². The number of guanidine groups is 1. The highest BCUT2D eigenvalue weighted by Crippen LogP contribution is 2.31. The Labute approximate surface area is 173 Å². The Balaban J connectivity index is 1.58. The number of aliphatic imine (C=N–C) groups is 1. The van der Waals surface area contributed by atoms with Crippen LogP contribution in [0.5, 0.6) is 0 Å². The molecule has 0 spiro atoms. The monoisotopic (exact) mass is 399 g/mol. The zero-order valence-corrected chi connectivity index (χ0v) is 18.3. The molecule has 1 unspecified atom stereocenters. The first kappa shape index (κ1) is 20.8. The predicted octanol–water partition coefficient (Wildman–Crippen LogP) is 4.09. The third-order valence-electron chi connectivity index (χ3n) is 5.62. The Kier molecular flexibility index (Phi) is 7.08. The maximum atomic E-state index is 4.50. The summed E-state index contributed by atoms with van der Waals surface area (Å²) in [6.07, 6.45) is 4.95. The van der Waals surface area contributed by atoms with Crippen LogP contribution in [0.1, 0.15) is 59.8 Å². The summed E-state index contributed by atoms with van der Waals surface area (Å²) in [5, 5.41) is 12.0. The maximum absolute atomic E-state index is 4.50. The van der Waals surface area contributed by atoms with Gasteiger partial charge in [0.05, 0.1) is 17.2 Å². The van der Waals surface area contributed by atoms with Gasteiger partial charge in [-0.25, -0.2) is 4.98 Å². The molecular weight excluding hydrogens is 366 g/mol. The molecule has 28 heavy (non-hydrogen) atoms. The molecule has 0 radical (unpaired) electrons. The lowest BCUT2D eigenvalue weighted by Crippen LogP contribution is -2.54. The number of aryl methyl sites for hydroxylation is 2. The van der Waals surface area contributed by atoms with Gasteiger partial charge in [0.2, 0.25) is 0 Å². The molecule has 2 aromatic rings. The molecular formula is C22H33N5S. The van der Waals surface area contributed by atoms with Crippen LogP contribution in [0.4, 0.5) is 0 Å². The van der Waals surface area contributed by atoms with Crippen molar-refractivity contribution < 1.29 is 0 Å². The van der Waals surface area contributed by atoms with E-state index < -0.39 is 0 Å². The summed E-state index contributed by atoms with van der Waals surface area (Å²) in [6.45, 7) is 8.02. The van der Waals surface area contributed by atoms with Gasteiger partial charge in [0.15, 0.2) is 5.96 Å². The van der Waals surface area contributed by atoms with E-state index in [0.29, 0.717) is 6.04 Å². The highest BCUT2D eigenvalue weighted by molar-refractivity contribution is 7.11. The van der Waals surface area contributed by atoms with Crippen LogP contribution in [-0.2, 0) is 6.54 Å². The average molecular weight is 400 g/mol. The molecule has 0 bridgehead atoms. The minimum absolute atomic E-state index is 0.115. The molecule has 0 saturated heterocycles. The minimum Gasteiger partial charge on any atom is -0.355 e. The summed E-state index contributed by atoms with van der Waals surface area (Å²) in [7, 11) is 1.83. The zero-order valence-electron chi connectivity index (χ0n) is 17.5. The van der Waals surface area contributed by atoms with Crippen molar-refractivity contribution in [1.29, 1.82) is 0 Å². The standard InChI is InChI=1S/C22H33N5S/c1-16(19-10-6-5-7-11-19)27-22(12-8-9-13-22)15-25-21(23-4)24-14-20-17(2)26-18(3)28-20/h5-7,10-11,16,27H,8-9,12-15H2,1-4H3,(H2,23,24,25). The van der Waals surface area contributed by atoms with Gasteiger partial charge in [-0.15, -0.1) is 11.3 Å². The van der Waals surface area contributed by atoms with E-state index in [1.165, 1.54) is 36.1 Å². The molecule has 0 amide bonds. The van der Waals surface area contributed by atoms with Gasteiger partial charge in [-0.3, -0.25) is 4.99 Å². The van der Waals surface area contributed by atoms with Gasteiger partial charge < -0.3 is 16.0 Å². The van der Waals surface area contributed by atoms with Crippen molar-refractivity contribution in [1.82, 2.24) is 20.9 Å². The highest BCUT2D eigenvalue weighted by atomic mass is 32.1. The predicted molar refractivity (Wildman–Crippen MR) is 119 cm³/mol. The highest BCUT2D eigenvalue weighted by Gasteiger charge is 2.35. The maximum Gasteiger partial charge on any atom is 0.191 e. The van der Waals surface area contributed by atoms with Crippen LogP contribution >= 0.6 is 11.3 Å². The van der Waals surface area contributed by atoms with Crippen LogP contribution in [0.3, 0.4) is 0 Å². The first-order chi connectivity index (χ1) is 13.5. The van der Waals surface area contributed by atoms with E-state index in [1.54, 1.807) is 11.3 Å². The van der Waals surface area contributed by atoms with Gasteiger partial charge >= 0.3 is 0 Å². The van der Waals surface area contributed by atoms with Crippen LogP contribution in [0.15, 0.2) is 35.3 Å². The molecule has 1 aromatic heterocycles. The van der Waals surface area contributed by atoms with Crippen LogP contribution in [0.2, 0.25) is 0 Å². The second kappa shape index (κ2) is 9.52. The first-order valence-corrected chi connectivity index (χ1v) is 11.0. The number of aromatic nitrogens is 1. The quantitative estimate of drug-likeness (QED) is 0.485. The summed E-state index contributed by atoms with van der Waals surface area (Å²) in [5.41, 5.74) is 2.56. The molecule has 3 rings (SSSR count). The normalized spacial score (nSPS) is 17.5. The molecule has 3 N–H and O–H groups in total. The Hall–Kier alpha value is -1.92. The van der Waals surface area contributed by atoms with Crippen molar-refractivity contribution in [3.05, 3.63) is 51.5 Å². The van der Waals surface area contributed by atoms with Crippen LogP contribution in [0, 0.1) is 13.8 Å². The summed E-state index contributed by atoms with van der Waals surface area (Å²) < 4.78 is 0. The van der Waals surface area contributed by atoms with Crippen molar-refractivity contribution in [2.45, 2.75) is 64.6 Å². The second-order valence-electron chi connectivity index (χ2n) is 7.78. The molecule has 0 aliphatic heterocycles. The van der Waals surface area contributed by atoms with Crippen molar-refractivity contribution in [2.24, 2.45) is 4.99 Å². The Morgan fingerprint density at radius 3 is 2.50 bits per heavy atom. The molecule has 5 nitrogen and oxygen atoms in total. The summed E-state index contributed by atoms with van der Waals surface area (Å²) >= 11 is 1.75.